The zero-order chi connectivity index (χ0) is 12.5. The quantitative estimate of drug-likeness (QED) is 0.846. The van der Waals surface area contributed by atoms with E-state index in [0.717, 1.165) is 35.9 Å². The standard InChI is InChI=1S/C14H23N3O/c1-9-4-2-6-10-11(7-3-5-9)12(10)8-13-15-14(18)17-16-13/h9-12H,2-8H2,1H3,(H2,15,16,17,18). The molecule has 0 aromatic carbocycles. The predicted molar refractivity (Wildman–Crippen MR) is 70.2 cm³/mol. The molecule has 3 rings (SSSR count). The molecule has 2 saturated carbocycles. The Balaban J connectivity index is 1.58. The lowest BCUT2D eigenvalue weighted by molar-refractivity contribution is 0.440. The van der Waals surface area contributed by atoms with Crippen molar-refractivity contribution in [3.8, 4) is 0 Å². The molecule has 2 fully saturated rings. The maximum atomic E-state index is 11.0. The second-order valence-electron chi connectivity index (χ2n) is 6.29. The Morgan fingerprint density at radius 2 is 1.83 bits per heavy atom. The summed E-state index contributed by atoms with van der Waals surface area (Å²) < 4.78 is 0. The van der Waals surface area contributed by atoms with Crippen molar-refractivity contribution >= 4 is 0 Å². The summed E-state index contributed by atoms with van der Waals surface area (Å²) in [7, 11) is 0. The van der Waals surface area contributed by atoms with E-state index in [1.165, 1.54) is 38.5 Å². The third-order valence-electron chi connectivity index (χ3n) is 4.96. The Kier molecular flexibility index (Phi) is 3.27. The number of aromatic amines is 2. The molecule has 0 spiro atoms. The largest absolute Gasteiger partial charge is 0.340 e. The van der Waals surface area contributed by atoms with E-state index in [1.807, 2.05) is 0 Å². The highest BCUT2D eigenvalue weighted by Gasteiger charge is 2.48. The molecule has 2 N–H and O–H groups in total. The lowest BCUT2D eigenvalue weighted by atomic mass is 9.97. The molecule has 2 aliphatic carbocycles. The summed E-state index contributed by atoms with van der Waals surface area (Å²) in [5.41, 5.74) is -0.173. The van der Waals surface area contributed by atoms with Crippen molar-refractivity contribution in [1.29, 1.82) is 0 Å². The van der Waals surface area contributed by atoms with E-state index in [2.05, 4.69) is 22.1 Å². The summed E-state index contributed by atoms with van der Waals surface area (Å²) in [5.74, 6) is 4.34. The Morgan fingerprint density at radius 1 is 1.17 bits per heavy atom. The number of aromatic nitrogens is 3. The molecular weight excluding hydrogens is 226 g/mol. The van der Waals surface area contributed by atoms with Crippen LogP contribution in [0.1, 0.15) is 51.3 Å². The summed E-state index contributed by atoms with van der Waals surface area (Å²) in [5, 5.41) is 6.50. The highest BCUT2D eigenvalue weighted by molar-refractivity contribution is 5.02. The van der Waals surface area contributed by atoms with Gasteiger partial charge in [-0.2, -0.15) is 5.10 Å². The normalized spacial score (nSPS) is 36.3. The van der Waals surface area contributed by atoms with Crippen LogP contribution in [0.4, 0.5) is 0 Å². The number of hydrogen-bond acceptors (Lipinski definition) is 2. The van der Waals surface area contributed by atoms with Gasteiger partial charge in [0, 0.05) is 6.42 Å². The van der Waals surface area contributed by atoms with Gasteiger partial charge in [-0.3, -0.25) is 4.98 Å². The zero-order valence-electron chi connectivity index (χ0n) is 11.1. The molecule has 2 aliphatic rings. The van der Waals surface area contributed by atoms with Gasteiger partial charge >= 0.3 is 5.69 Å². The third-order valence-corrected chi connectivity index (χ3v) is 4.96. The summed E-state index contributed by atoms with van der Waals surface area (Å²) in [4.78, 5) is 13.8. The van der Waals surface area contributed by atoms with Gasteiger partial charge in [0.15, 0.2) is 0 Å². The first-order valence-corrected chi connectivity index (χ1v) is 7.37. The SMILES string of the molecule is CC1CCCC2C(CCC1)C2Cc1n[nH]c(=O)[nH]1. The van der Waals surface area contributed by atoms with Crippen LogP contribution in [-0.2, 0) is 6.42 Å². The average Bonchev–Trinajstić information content (AvgIpc) is 2.78. The van der Waals surface area contributed by atoms with E-state index < -0.39 is 0 Å². The molecule has 4 heteroatoms. The highest BCUT2D eigenvalue weighted by atomic mass is 16.1. The number of H-pyrrole nitrogens is 2. The molecule has 100 valence electrons. The van der Waals surface area contributed by atoms with Crippen LogP contribution in [0.2, 0.25) is 0 Å². The van der Waals surface area contributed by atoms with Crippen molar-refractivity contribution in [3.05, 3.63) is 16.3 Å². The fourth-order valence-corrected chi connectivity index (χ4v) is 3.86. The fourth-order valence-electron chi connectivity index (χ4n) is 3.86. The van der Waals surface area contributed by atoms with Crippen molar-refractivity contribution in [2.75, 3.05) is 0 Å². The first kappa shape index (κ1) is 12.0. The van der Waals surface area contributed by atoms with Crippen LogP contribution in [0.3, 0.4) is 0 Å². The van der Waals surface area contributed by atoms with Gasteiger partial charge in [-0.1, -0.05) is 32.6 Å². The summed E-state index contributed by atoms with van der Waals surface area (Å²) in [6.07, 6.45) is 9.29. The van der Waals surface area contributed by atoms with Crippen molar-refractivity contribution in [3.63, 3.8) is 0 Å². The Hall–Kier alpha value is -1.06. The molecule has 1 aromatic heterocycles. The molecule has 1 aromatic rings. The molecule has 18 heavy (non-hydrogen) atoms. The lowest BCUT2D eigenvalue weighted by Gasteiger charge is -2.09. The van der Waals surface area contributed by atoms with E-state index >= 15 is 0 Å². The molecule has 0 bridgehead atoms. The minimum absolute atomic E-state index is 0.173. The number of fused-ring (bicyclic) bond motifs is 1. The van der Waals surface area contributed by atoms with Crippen molar-refractivity contribution < 1.29 is 0 Å². The zero-order valence-corrected chi connectivity index (χ0v) is 11.1. The van der Waals surface area contributed by atoms with Crippen LogP contribution in [0.15, 0.2) is 4.79 Å². The first-order chi connectivity index (χ1) is 8.74. The van der Waals surface area contributed by atoms with Gasteiger partial charge in [-0.25, -0.2) is 9.89 Å². The fraction of sp³-hybridized carbons (Fsp3) is 0.857. The second-order valence-corrected chi connectivity index (χ2v) is 6.29. The Morgan fingerprint density at radius 3 is 2.39 bits per heavy atom. The average molecular weight is 249 g/mol. The minimum Gasteiger partial charge on any atom is -0.293 e. The number of nitrogens with zero attached hydrogens (tertiary/aromatic N) is 1. The van der Waals surface area contributed by atoms with Gasteiger partial charge in [0.25, 0.3) is 0 Å². The highest BCUT2D eigenvalue weighted by Crippen LogP contribution is 2.54. The monoisotopic (exact) mass is 249 g/mol. The number of rotatable bonds is 2. The van der Waals surface area contributed by atoms with E-state index in [-0.39, 0.29) is 5.69 Å². The molecule has 2 unspecified atom stereocenters. The molecular formula is C14H23N3O. The van der Waals surface area contributed by atoms with Gasteiger partial charge in [0.1, 0.15) is 5.82 Å². The molecule has 0 radical (unpaired) electrons. The predicted octanol–water partition coefficient (Wildman–Crippen LogP) is 2.49. The number of nitrogens with one attached hydrogen (secondary N) is 2. The topological polar surface area (TPSA) is 61.5 Å². The van der Waals surface area contributed by atoms with E-state index in [9.17, 15) is 4.79 Å². The molecule has 1 heterocycles. The maximum Gasteiger partial charge on any atom is 0.340 e. The molecule has 0 saturated heterocycles. The van der Waals surface area contributed by atoms with Gasteiger partial charge in [-0.05, 0) is 36.5 Å². The summed E-state index contributed by atoms with van der Waals surface area (Å²) in [6.45, 7) is 2.39. The molecule has 0 aliphatic heterocycles. The lowest BCUT2D eigenvalue weighted by Crippen LogP contribution is -2.02. The van der Waals surface area contributed by atoms with Crippen molar-refractivity contribution in [1.82, 2.24) is 15.2 Å². The minimum atomic E-state index is -0.173. The summed E-state index contributed by atoms with van der Waals surface area (Å²) in [6, 6.07) is 0. The molecule has 0 amide bonds. The van der Waals surface area contributed by atoms with Crippen LogP contribution in [0.25, 0.3) is 0 Å². The Labute approximate surface area is 108 Å². The Bertz CT molecular complexity index is 434. The van der Waals surface area contributed by atoms with Crippen LogP contribution >= 0.6 is 0 Å². The van der Waals surface area contributed by atoms with Crippen molar-refractivity contribution in [2.45, 2.75) is 51.9 Å². The van der Waals surface area contributed by atoms with Gasteiger partial charge in [-0.15, -0.1) is 0 Å². The first-order valence-electron chi connectivity index (χ1n) is 7.37. The van der Waals surface area contributed by atoms with Gasteiger partial charge in [0.05, 0.1) is 0 Å². The van der Waals surface area contributed by atoms with Crippen molar-refractivity contribution in [2.24, 2.45) is 23.7 Å². The second kappa shape index (κ2) is 4.90. The van der Waals surface area contributed by atoms with Gasteiger partial charge in [0.2, 0.25) is 0 Å². The van der Waals surface area contributed by atoms with Crippen LogP contribution in [0, 0.1) is 23.7 Å². The number of hydrogen-bond donors (Lipinski definition) is 2. The van der Waals surface area contributed by atoms with Gasteiger partial charge < -0.3 is 0 Å². The smallest absolute Gasteiger partial charge is 0.293 e. The van der Waals surface area contributed by atoms with Crippen LogP contribution < -0.4 is 5.69 Å². The molecule has 2 atom stereocenters. The van der Waals surface area contributed by atoms with Crippen LogP contribution in [-0.4, -0.2) is 15.2 Å². The van der Waals surface area contributed by atoms with E-state index in [4.69, 9.17) is 0 Å². The third kappa shape index (κ3) is 2.52. The molecule has 4 nitrogen and oxygen atoms in total. The van der Waals surface area contributed by atoms with E-state index in [0.29, 0.717) is 0 Å². The maximum absolute atomic E-state index is 11.0. The van der Waals surface area contributed by atoms with E-state index in [1.54, 1.807) is 0 Å². The summed E-state index contributed by atoms with van der Waals surface area (Å²) >= 11 is 0. The van der Waals surface area contributed by atoms with Crippen LogP contribution in [0.5, 0.6) is 0 Å².